The Morgan fingerprint density at radius 1 is 1.34 bits per heavy atom. The molecule has 2 aromatic rings. The smallest absolute Gasteiger partial charge is 0.267 e. The van der Waals surface area contributed by atoms with E-state index in [1.54, 1.807) is 45.9 Å². The number of nitrogens with one attached hydrogen (secondary N) is 1. The van der Waals surface area contributed by atoms with E-state index in [0.717, 1.165) is 4.90 Å². The number of aliphatic hydroxyl groups excluding tert-OH is 1. The number of likely N-dealkylation sites (tertiary alicyclic amines) is 1. The van der Waals surface area contributed by atoms with Crippen molar-refractivity contribution in [3.8, 4) is 5.69 Å². The molecule has 2 amide bonds. The van der Waals surface area contributed by atoms with Gasteiger partial charge in [-0.1, -0.05) is 32.4 Å². The van der Waals surface area contributed by atoms with Gasteiger partial charge >= 0.3 is 0 Å². The number of carbonyl (C=O) groups excluding carboxylic acids is 2. The van der Waals surface area contributed by atoms with Crippen molar-refractivity contribution in [2.75, 3.05) is 6.54 Å². The molecule has 9 nitrogen and oxygen atoms in total. The van der Waals surface area contributed by atoms with Gasteiger partial charge in [-0.3, -0.25) is 9.59 Å². The monoisotopic (exact) mass is 470 g/mol. The first-order chi connectivity index (χ1) is 14.8. The highest BCUT2D eigenvalue weighted by atomic mass is 35.5. The number of alkyl halides is 2. The number of aliphatic hydroxyl groups is 1. The molecule has 1 saturated heterocycles. The lowest BCUT2D eigenvalue weighted by molar-refractivity contribution is -0.150. The van der Waals surface area contributed by atoms with Crippen molar-refractivity contribution >= 4 is 23.4 Å². The van der Waals surface area contributed by atoms with Gasteiger partial charge in [0.1, 0.15) is 18.5 Å². The second-order valence-electron chi connectivity index (χ2n) is 9.00. The van der Waals surface area contributed by atoms with E-state index in [1.165, 1.54) is 11.0 Å². The number of aromatic nitrogens is 4. The molecule has 12 heteroatoms. The van der Waals surface area contributed by atoms with Crippen molar-refractivity contribution in [3.63, 3.8) is 0 Å². The highest BCUT2D eigenvalue weighted by Crippen LogP contribution is 2.35. The normalized spacial score (nSPS) is 20.1. The number of hydrogen-bond donors (Lipinski definition) is 2. The molecule has 1 aromatic heterocycles. The average molecular weight is 471 g/mol. The minimum absolute atomic E-state index is 0.399. The van der Waals surface area contributed by atoms with Crippen LogP contribution in [-0.2, 0) is 9.59 Å². The Hall–Kier alpha value is -2.66. The van der Waals surface area contributed by atoms with Gasteiger partial charge in [0.2, 0.25) is 5.91 Å². The van der Waals surface area contributed by atoms with E-state index in [0.29, 0.717) is 16.3 Å². The third-order valence-corrected chi connectivity index (χ3v) is 5.56. The molecular weight excluding hydrogens is 446 g/mol. The fourth-order valence-corrected chi connectivity index (χ4v) is 3.73. The van der Waals surface area contributed by atoms with Crippen molar-refractivity contribution in [1.82, 2.24) is 30.4 Å². The van der Waals surface area contributed by atoms with Crippen LogP contribution in [0.5, 0.6) is 0 Å². The van der Waals surface area contributed by atoms with E-state index >= 15 is 0 Å². The summed E-state index contributed by atoms with van der Waals surface area (Å²) in [6.07, 6.45) is -0.986. The molecule has 3 atom stereocenters. The zero-order chi connectivity index (χ0) is 23.8. The van der Waals surface area contributed by atoms with Crippen LogP contribution in [0.25, 0.3) is 5.69 Å². The lowest BCUT2D eigenvalue weighted by atomic mass is 9.88. The fraction of sp³-hybridized carbons (Fsp3) is 0.550. The molecule has 2 N–H and O–H groups in total. The van der Waals surface area contributed by atoms with Crippen molar-refractivity contribution in [1.29, 1.82) is 0 Å². The third-order valence-electron chi connectivity index (χ3n) is 5.32. The van der Waals surface area contributed by atoms with Gasteiger partial charge in [0.25, 0.3) is 11.8 Å². The number of tetrazole rings is 1. The maximum Gasteiger partial charge on any atom is 0.267 e. The Kier molecular flexibility index (Phi) is 6.52. The van der Waals surface area contributed by atoms with Gasteiger partial charge in [0.15, 0.2) is 0 Å². The van der Waals surface area contributed by atoms with Gasteiger partial charge in [-0.25, -0.2) is 13.5 Å². The van der Waals surface area contributed by atoms with Crippen molar-refractivity contribution in [2.24, 2.45) is 5.41 Å². The van der Waals surface area contributed by atoms with Crippen LogP contribution in [0.2, 0.25) is 5.02 Å². The summed E-state index contributed by atoms with van der Waals surface area (Å²) in [5.74, 6) is -4.90. The summed E-state index contributed by atoms with van der Waals surface area (Å²) in [6.45, 7) is 5.56. The van der Waals surface area contributed by atoms with Gasteiger partial charge in [-0.2, -0.15) is 0 Å². The Bertz CT molecular complexity index is 996. The van der Waals surface area contributed by atoms with Crippen LogP contribution in [0.4, 0.5) is 8.78 Å². The second kappa shape index (κ2) is 8.70. The fourth-order valence-electron chi connectivity index (χ4n) is 3.55. The highest BCUT2D eigenvalue weighted by molar-refractivity contribution is 6.30. The lowest BCUT2D eigenvalue weighted by Gasteiger charge is -2.32. The van der Waals surface area contributed by atoms with E-state index in [-0.39, 0.29) is 0 Å². The van der Waals surface area contributed by atoms with Gasteiger partial charge in [-0.05, 0) is 41.0 Å². The number of benzene rings is 1. The minimum Gasteiger partial charge on any atom is -0.383 e. The molecule has 1 aromatic carbocycles. The van der Waals surface area contributed by atoms with E-state index in [2.05, 4.69) is 20.8 Å². The number of carbonyl (C=O) groups is 2. The molecule has 0 radical (unpaired) electrons. The van der Waals surface area contributed by atoms with E-state index in [9.17, 15) is 23.5 Å². The Labute approximate surface area is 188 Å². The van der Waals surface area contributed by atoms with E-state index < -0.39 is 54.3 Å². The first kappa shape index (κ1) is 24.0. The molecular formula is C20H25ClF2N6O3. The van der Waals surface area contributed by atoms with Crippen molar-refractivity contribution in [2.45, 2.75) is 58.2 Å². The largest absolute Gasteiger partial charge is 0.383 e. The van der Waals surface area contributed by atoms with Crippen LogP contribution in [0, 0.1) is 5.41 Å². The quantitative estimate of drug-likeness (QED) is 0.692. The Balaban J connectivity index is 1.84. The number of halogens is 3. The van der Waals surface area contributed by atoms with Crippen molar-refractivity contribution < 1.29 is 23.5 Å². The van der Waals surface area contributed by atoms with Crippen LogP contribution in [0.1, 0.15) is 45.7 Å². The Morgan fingerprint density at radius 2 is 2.03 bits per heavy atom. The second-order valence-corrected chi connectivity index (χ2v) is 9.43. The van der Waals surface area contributed by atoms with E-state index in [1.807, 2.05) is 0 Å². The number of rotatable bonds is 5. The Morgan fingerprint density at radius 3 is 2.62 bits per heavy atom. The summed E-state index contributed by atoms with van der Waals surface area (Å²) in [5.41, 5.74) is 0.223. The molecule has 2 heterocycles. The standard InChI is InChI=1S/C20H25ClF2N6O3/c1-11(13-7-12(21)5-6-14(13)29-10-24-26-27-29)25-17(31)15-8-20(22,23)9-28(15)18(32)16(30)19(2,3)4/h5-7,10-11,15-16,30H,8-9H2,1-4H3,(H,25,31). The molecule has 0 bridgehead atoms. The van der Waals surface area contributed by atoms with Crippen LogP contribution in [0.15, 0.2) is 24.5 Å². The van der Waals surface area contributed by atoms with Crippen LogP contribution in [-0.4, -0.2) is 66.6 Å². The molecule has 174 valence electrons. The molecule has 0 aliphatic carbocycles. The summed E-state index contributed by atoms with van der Waals surface area (Å²) in [6, 6.07) is 2.81. The number of hydrogen-bond acceptors (Lipinski definition) is 6. The molecule has 1 aliphatic heterocycles. The number of nitrogens with zero attached hydrogens (tertiary/aromatic N) is 5. The minimum atomic E-state index is -3.24. The van der Waals surface area contributed by atoms with E-state index in [4.69, 9.17) is 11.6 Å². The predicted octanol–water partition coefficient (Wildman–Crippen LogP) is 2.14. The maximum absolute atomic E-state index is 14.2. The van der Waals surface area contributed by atoms with Gasteiger partial charge in [0.05, 0.1) is 18.3 Å². The summed E-state index contributed by atoms with van der Waals surface area (Å²) in [7, 11) is 0. The molecule has 1 fully saturated rings. The van der Waals surface area contributed by atoms with Gasteiger partial charge in [0, 0.05) is 17.0 Å². The SMILES string of the molecule is CC(NC(=O)C1CC(F)(F)CN1C(=O)C(O)C(C)(C)C)c1cc(Cl)ccc1-n1cnnn1. The molecule has 1 aliphatic rings. The molecule has 3 unspecified atom stereocenters. The maximum atomic E-state index is 14.2. The van der Waals surface area contributed by atoms with Gasteiger partial charge in [-0.15, -0.1) is 5.10 Å². The molecule has 0 saturated carbocycles. The summed E-state index contributed by atoms with van der Waals surface area (Å²) in [5, 5.41) is 24.4. The zero-order valence-electron chi connectivity index (χ0n) is 18.1. The topological polar surface area (TPSA) is 113 Å². The first-order valence-corrected chi connectivity index (χ1v) is 10.4. The van der Waals surface area contributed by atoms with Crippen LogP contribution >= 0.6 is 11.6 Å². The van der Waals surface area contributed by atoms with Gasteiger partial charge < -0.3 is 15.3 Å². The third kappa shape index (κ3) is 5.04. The van der Waals surface area contributed by atoms with Crippen LogP contribution < -0.4 is 5.32 Å². The van der Waals surface area contributed by atoms with Crippen LogP contribution in [0.3, 0.4) is 0 Å². The predicted molar refractivity (Wildman–Crippen MR) is 111 cm³/mol. The summed E-state index contributed by atoms with van der Waals surface area (Å²) in [4.78, 5) is 26.5. The lowest BCUT2D eigenvalue weighted by Crippen LogP contribution is -2.52. The molecule has 0 spiro atoms. The van der Waals surface area contributed by atoms with Crippen molar-refractivity contribution in [3.05, 3.63) is 35.1 Å². The molecule has 3 rings (SSSR count). The first-order valence-electron chi connectivity index (χ1n) is 10.00. The average Bonchev–Trinajstić information content (AvgIpc) is 3.33. The summed E-state index contributed by atoms with van der Waals surface area (Å²) < 4.78 is 29.8. The zero-order valence-corrected chi connectivity index (χ0v) is 18.8. The molecule has 32 heavy (non-hydrogen) atoms. The summed E-state index contributed by atoms with van der Waals surface area (Å²) >= 11 is 6.11. The highest BCUT2D eigenvalue weighted by Gasteiger charge is 2.52. The number of amides is 2.